The van der Waals surface area contributed by atoms with Gasteiger partial charge in [-0.05, 0) is 59.3 Å². The first-order chi connectivity index (χ1) is 10.1. The Balaban J connectivity index is 1.97. The number of methoxy groups -OCH3 is 1. The maximum Gasteiger partial charge on any atom is 0.265 e. The van der Waals surface area contributed by atoms with Crippen LogP contribution in [-0.4, -0.2) is 19.1 Å². The van der Waals surface area contributed by atoms with Crippen LogP contribution in [-0.2, 0) is 4.79 Å². The van der Waals surface area contributed by atoms with Crippen LogP contribution in [0.25, 0.3) is 0 Å². The second kappa shape index (κ2) is 7.13. The zero-order valence-corrected chi connectivity index (χ0v) is 13.4. The van der Waals surface area contributed by atoms with E-state index in [4.69, 9.17) is 9.47 Å². The van der Waals surface area contributed by atoms with E-state index >= 15 is 0 Å². The first-order valence-electron chi connectivity index (χ1n) is 6.46. The van der Waals surface area contributed by atoms with Gasteiger partial charge in [0, 0.05) is 4.47 Å². The lowest BCUT2D eigenvalue weighted by atomic mass is 10.3. The van der Waals surface area contributed by atoms with Crippen molar-refractivity contribution in [2.75, 3.05) is 12.4 Å². The predicted molar refractivity (Wildman–Crippen MR) is 85.9 cm³/mol. The molecular formula is C16H16BrNO3. The first kappa shape index (κ1) is 15.4. The summed E-state index contributed by atoms with van der Waals surface area (Å²) in [5, 5.41) is 2.82. The number of rotatable bonds is 5. The van der Waals surface area contributed by atoms with Gasteiger partial charge >= 0.3 is 0 Å². The van der Waals surface area contributed by atoms with Crippen molar-refractivity contribution in [2.45, 2.75) is 13.0 Å². The highest BCUT2D eigenvalue weighted by Gasteiger charge is 2.15. The summed E-state index contributed by atoms with van der Waals surface area (Å²) in [6, 6.07) is 14.5. The molecule has 2 rings (SSSR count). The largest absolute Gasteiger partial charge is 0.497 e. The van der Waals surface area contributed by atoms with Crippen LogP contribution >= 0.6 is 15.9 Å². The Labute approximate surface area is 132 Å². The quantitative estimate of drug-likeness (QED) is 0.891. The molecule has 0 spiro atoms. The summed E-state index contributed by atoms with van der Waals surface area (Å²) < 4.78 is 11.5. The monoisotopic (exact) mass is 349 g/mol. The molecule has 1 amide bonds. The fourth-order valence-electron chi connectivity index (χ4n) is 1.71. The predicted octanol–water partition coefficient (Wildman–Crippen LogP) is 3.86. The van der Waals surface area contributed by atoms with Gasteiger partial charge in [0.05, 0.1) is 12.8 Å². The van der Waals surface area contributed by atoms with Gasteiger partial charge in [-0.1, -0.05) is 12.1 Å². The first-order valence-corrected chi connectivity index (χ1v) is 7.25. The number of halogens is 1. The van der Waals surface area contributed by atoms with E-state index < -0.39 is 6.10 Å². The highest BCUT2D eigenvalue weighted by Crippen LogP contribution is 2.22. The lowest BCUT2D eigenvalue weighted by molar-refractivity contribution is -0.122. The smallest absolute Gasteiger partial charge is 0.265 e. The van der Waals surface area contributed by atoms with E-state index in [2.05, 4.69) is 21.2 Å². The molecule has 0 aliphatic rings. The van der Waals surface area contributed by atoms with Gasteiger partial charge in [0.25, 0.3) is 5.91 Å². The molecule has 2 aromatic rings. The number of carbonyl (C=O) groups excluding carboxylic acids is 1. The Morgan fingerprint density at radius 1 is 1.10 bits per heavy atom. The average Bonchev–Trinajstić information content (AvgIpc) is 2.50. The molecule has 0 saturated carbocycles. The van der Waals surface area contributed by atoms with E-state index in [-0.39, 0.29) is 5.91 Å². The molecule has 0 aliphatic heterocycles. The normalized spacial score (nSPS) is 11.6. The highest BCUT2D eigenvalue weighted by molar-refractivity contribution is 9.10. The number of carbonyl (C=O) groups is 1. The summed E-state index contributed by atoms with van der Waals surface area (Å²) in [5.41, 5.74) is 0.715. The Morgan fingerprint density at radius 3 is 2.33 bits per heavy atom. The summed E-state index contributed by atoms with van der Waals surface area (Å²) in [6.45, 7) is 1.70. The van der Waals surface area contributed by atoms with Crippen molar-refractivity contribution in [1.29, 1.82) is 0 Å². The number of hydrogen-bond acceptors (Lipinski definition) is 3. The summed E-state index contributed by atoms with van der Waals surface area (Å²) in [6.07, 6.45) is -0.606. The van der Waals surface area contributed by atoms with Gasteiger partial charge in [-0.15, -0.1) is 0 Å². The van der Waals surface area contributed by atoms with Crippen molar-refractivity contribution >= 4 is 27.5 Å². The number of anilines is 1. The molecule has 0 aliphatic carbocycles. The number of nitrogens with one attached hydrogen (secondary N) is 1. The molecule has 2 aromatic carbocycles. The Hall–Kier alpha value is -2.01. The zero-order valence-electron chi connectivity index (χ0n) is 11.8. The van der Waals surface area contributed by atoms with Gasteiger partial charge in [-0.25, -0.2) is 0 Å². The molecule has 21 heavy (non-hydrogen) atoms. The van der Waals surface area contributed by atoms with Crippen LogP contribution in [0.3, 0.4) is 0 Å². The molecule has 0 saturated heterocycles. The number of ether oxygens (including phenoxy) is 2. The molecular weight excluding hydrogens is 334 g/mol. The summed E-state index contributed by atoms with van der Waals surface area (Å²) in [5.74, 6) is 1.15. The van der Waals surface area contributed by atoms with Crippen LogP contribution in [0, 0.1) is 0 Å². The lowest BCUT2D eigenvalue weighted by Gasteiger charge is -2.15. The third kappa shape index (κ3) is 4.23. The van der Waals surface area contributed by atoms with Gasteiger partial charge < -0.3 is 14.8 Å². The average molecular weight is 350 g/mol. The minimum absolute atomic E-state index is 0.210. The minimum atomic E-state index is -0.606. The molecule has 1 atom stereocenters. The van der Waals surface area contributed by atoms with Crippen molar-refractivity contribution in [3.8, 4) is 11.5 Å². The molecule has 5 heteroatoms. The zero-order chi connectivity index (χ0) is 15.2. The minimum Gasteiger partial charge on any atom is -0.497 e. The third-order valence-corrected chi connectivity index (χ3v) is 3.56. The van der Waals surface area contributed by atoms with Crippen molar-refractivity contribution in [2.24, 2.45) is 0 Å². The molecule has 0 aromatic heterocycles. The fraction of sp³-hybridized carbons (Fsp3) is 0.188. The fourth-order valence-corrected chi connectivity index (χ4v) is 2.09. The maximum atomic E-state index is 12.1. The molecule has 110 valence electrons. The van der Waals surface area contributed by atoms with Crippen LogP contribution in [0.2, 0.25) is 0 Å². The van der Waals surface area contributed by atoms with E-state index in [1.807, 2.05) is 24.3 Å². The van der Waals surface area contributed by atoms with Crippen molar-refractivity contribution in [1.82, 2.24) is 0 Å². The Kier molecular flexibility index (Phi) is 5.22. The van der Waals surface area contributed by atoms with Crippen molar-refractivity contribution in [3.05, 3.63) is 53.0 Å². The van der Waals surface area contributed by atoms with E-state index in [1.54, 1.807) is 38.3 Å². The summed E-state index contributed by atoms with van der Waals surface area (Å²) in [4.78, 5) is 12.1. The molecule has 0 heterocycles. The number of amides is 1. The van der Waals surface area contributed by atoms with E-state index in [1.165, 1.54) is 0 Å². The molecule has 0 fully saturated rings. The summed E-state index contributed by atoms with van der Waals surface area (Å²) >= 11 is 3.39. The molecule has 1 unspecified atom stereocenters. The van der Waals surface area contributed by atoms with Gasteiger partial charge in [-0.2, -0.15) is 0 Å². The third-order valence-electron chi connectivity index (χ3n) is 2.87. The van der Waals surface area contributed by atoms with Crippen molar-refractivity contribution < 1.29 is 14.3 Å². The summed E-state index contributed by atoms with van der Waals surface area (Å²) in [7, 11) is 1.60. The standard InChI is InChI=1S/C16H16BrNO3/c1-11(21-13-9-7-12(20-2)8-10-13)16(19)18-15-6-4-3-5-14(15)17/h3-11H,1-2H3,(H,18,19). The second-order valence-corrected chi connectivity index (χ2v) is 5.26. The van der Waals surface area contributed by atoms with Crippen LogP contribution in [0.1, 0.15) is 6.92 Å². The van der Waals surface area contributed by atoms with Gasteiger partial charge in [-0.3, -0.25) is 4.79 Å². The second-order valence-electron chi connectivity index (χ2n) is 4.40. The van der Waals surface area contributed by atoms with Crippen LogP contribution in [0.15, 0.2) is 53.0 Å². The topological polar surface area (TPSA) is 47.6 Å². The maximum absolute atomic E-state index is 12.1. The number of benzene rings is 2. The highest BCUT2D eigenvalue weighted by atomic mass is 79.9. The lowest BCUT2D eigenvalue weighted by Crippen LogP contribution is -2.30. The Bertz CT molecular complexity index is 613. The van der Waals surface area contributed by atoms with E-state index in [9.17, 15) is 4.79 Å². The van der Waals surface area contributed by atoms with E-state index in [0.29, 0.717) is 11.4 Å². The van der Waals surface area contributed by atoms with Gasteiger partial charge in [0.2, 0.25) is 0 Å². The molecule has 4 nitrogen and oxygen atoms in total. The van der Waals surface area contributed by atoms with Crippen LogP contribution in [0.4, 0.5) is 5.69 Å². The number of hydrogen-bond donors (Lipinski definition) is 1. The SMILES string of the molecule is COc1ccc(OC(C)C(=O)Nc2ccccc2Br)cc1. The van der Waals surface area contributed by atoms with Crippen LogP contribution < -0.4 is 14.8 Å². The van der Waals surface area contributed by atoms with Crippen LogP contribution in [0.5, 0.6) is 11.5 Å². The van der Waals surface area contributed by atoms with Gasteiger partial charge in [0.1, 0.15) is 11.5 Å². The number of para-hydroxylation sites is 1. The molecule has 1 N–H and O–H groups in total. The van der Waals surface area contributed by atoms with E-state index in [0.717, 1.165) is 10.2 Å². The van der Waals surface area contributed by atoms with Crippen molar-refractivity contribution in [3.63, 3.8) is 0 Å². The Morgan fingerprint density at radius 2 is 1.71 bits per heavy atom. The molecule has 0 radical (unpaired) electrons. The molecule has 0 bridgehead atoms. The van der Waals surface area contributed by atoms with Gasteiger partial charge in [0.15, 0.2) is 6.10 Å².